The Bertz CT molecular complexity index is 347. The van der Waals surface area contributed by atoms with Crippen molar-refractivity contribution in [2.24, 2.45) is 23.0 Å². The lowest BCUT2D eigenvalue weighted by Gasteiger charge is -2.30. The molecule has 0 aliphatic heterocycles. The van der Waals surface area contributed by atoms with E-state index in [4.69, 9.17) is 5.73 Å². The topological polar surface area (TPSA) is 92.4 Å². The Morgan fingerprint density at radius 1 is 1.19 bits per heavy atom. The SMILES string of the molecule is CC(C)CC(CNC(=O)C1(CN)CCCCCC1)C(=O)O. The van der Waals surface area contributed by atoms with Crippen molar-refractivity contribution in [3.05, 3.63) is 0 Å². The van der Waals surface area contributed by atoms with E-state index in [1.54, 1.807) is 0 Å². The molecule has 1 rings (SSSR count). The number of nitrogens with one attached hydrogen (secondary N) is 1. The van der Waals surface area contributed by atoms with E-state index in [1.807, 2.05) is 13.8 Å². The molecule has 1 unspecified atom stereocenters. The molecule has 0 aromatic rings. The van der Waals surface area contributed by atoms with Crippen LogP contribution in [0.5, 0.6) is 0 Å². The van der Waals surface area contributed by atoms with Gasteiger partial charge in [-0.1, -0.05) is 39.5 Å². The molecule has 0 aromatic carbocycles. The van der Waals surface area contributed by atoms with Crippen LogP contribution in [0.15, 0.2) is 0 Å². The number of amides is 1. The van der Waals surface area contributed by atoms with Crippen molar-refractivity contribution in [3.63, 3.8) is 0 Å². The minimum absolute atomic E-state index is 0.0538. The zero-order chi connectivity index (χ0) is 15.9. The number of carboxylic acid groups (broad SMARTS) is 1. The first-order valence-corrected chi connectivity index (χ1v) is 8.12. The van der Waals surface area contributed by atoms with Crippen molar-refractivity contribution in [1.29, 1.82) is 0 Å². The number of hydrogen-bond acceptors (Lipinski definition) is 3. The molecule has 5 nitrogen and oxygen atoms in total. The Morgan fingerprint density at radius 2 is 1.76 bits per heavy atom. The minimum atomic E-state index is -0.841. The fourth-order valence-corrected chi connectivity index (χ4v) is 3.17. The number of hydrogen-bond donors (Lipinski definition) is 3. The van der Waals surface area contributed by atoms with Crippen molar-refractivity contribution in [2.45, 2.75) is 58.8 Å². The maximum atomic E-state index is 12.5. The van der Waals surface area contributed by atoms with E-state index >= 15 is 0 Å². The highest BCUT2D eigenvalue weighted by atomic mass is 16.4. The minimum Gasteiger partial charge on any atom is -0.481 e. The monoisotopic (exact) mass is 298 g/mol. The molecule has 1 saturated carbocycles. The molecule has 4 N–H and O–H groups in total. The summed E-state index contributed by atoms with van der Waals surface area (Å²) < 4.78 is 0. The van der Waals surface area contributed by atoms with E-state index in [-0.39, 0.29) is 12.5 Å². The van der Waals surface area contributed by atoms with Crippen LogP contribution in [0.2, 0.25) is 0 Å². The second-order valence-corrected chi connectivity index (χ2v) is 6.77. The molecule has 122 valence electrons. The lowest BCUT2D eigenvalue weighted by molar-refractivity contribution is -0.142. The van der Waals surface area contributed by atoms with Gasteiger partial charge < -0.3 is 16.2 Å². The summed E-state index contributed by atoms with van der Waals surface area (Å²) in [7, 11) is 0. The zero-order valence-corrected chi connectivity index (χ0v) is 13.4. The molecule has 0 heterocycles. The molecule has 21 heavy (non-hydrogen) atoms. The maximum Gasteiger partial charge on any atom is 0.308 e. The molecule has 1 atom stereocenters. The molecule has 1 fully saturated rings. The summed E-state index contributed by atoms with van der Waals surface area (Å²) in [5.41, 5.74) is 5.39. The van der Waals surface area contributed by atoms with Gasteiger partial charge in [0.25, 0.3) is 0 Å². The second-order valence-electron chi connectivity index (χ2n) is 6.77. The highest BCUT2D eigenvalue weighted by Gasteiger charge is 2.37. The van der Waals surface area contributed by atoms with E-state index in [9.17, 15) is 14.7 Å². The third-order valence-corrected chi connectivity index (χ3v) is 4.55. The van der Waals surface area contributed by atoms with Crippen molar-refractivity contribution in [1.82, 2.24) is 5.32 Å². The second kappa shape index (κ2) is 8.37. The Balaban J connectivity index is 2.62. The molecule has 0 radical (unpaired) electrons. The molecule has 5 heteroatoms. The van der Waals surface area contributed by atoms with Crippen LogP contribution in [0, 0.1) is 17.3 Å². The average Bonchev–Trinajstić information content (AvgIpc) is 2.68. The predicted molar refractivity (Wildman–Crippen MR) is 82.8 cm³/mol. The van der Waals surface area contributed by atoms with Gasteiger partial charge in [-0.15, -0.1) is 0 Å². The summed E-state index contributed by atoms with van der Waals surface area (Å²) in [6.45, 7) is 4.53. The largest absolute Gasteiger partial charge is 0.481 e. The number of carboxylic acids is 1. The summed E-state index contributed by atoms with van der Waals surface area (Å²) in [4.78, 5) is 23.8. The normalized spacial score (nSPS) is 19.8. The van der Waals surface area contributed by atoms with E-state index in [0.717, 1.165) is 38.5 Å². The molecular weight excluding hydrogens is 268 g/mol. The Hall–Kier alpha value is -1.10. The molecule has 1 aliphatic rings. The molecule has 0 aromatic heterocycles. The van der Waals surface area contributed by atoms with Gasteiger partial charge in [0.15, 0.2) is 0 Å². The fraction of sp³-hybridized carbons (Fsp3) is 0.875. The van der Waals surface area contributed by atoms with Crippen molar-refractivity contribution < 1.29 is 14.7 Å². The molecule has 0 spiro atoms. The molecule has 0 bridgehead atoms. The van der Waals surface area contributed by atoms with E-state index in [1.165, 1.54) is 0 Å². The van der Waals surface area contributed by atoms with Crippen LogP contribution in [0.25, 0.3) is 0 Å². The van der Waals surface area contributed by atoms with E-state index < -0.39 is 17.3 Å². The van der Waals surface area contributed by atoms with Crippen LogP contribution >= 0.6 is 0 Å². The average molecular weight is 298 g/mol. The molecule has 1 amide bonds. The number of aliphatic carboxylic acids is 1. The van der Waals surface area contributed by atoms with E-state index in [0.29, 0.717) is 18.9 Å². The van der Waals surface area contributed by atoms with Crippen LogP contribution < -0.4 is 11.1 Å². The van der Waals surface area contributed by atoms with Crippen LogP contribution in [0.4, 0.5) is 0 Å². The van der Waals surface area contributed by atoms with Crippen molar-refractivity contribution in [3.8, 4) is 0 Å². The van der Waals surface area contributed by atoms with Gasteiger partial charge in [-0.25, -0.2) is 0 Å². The number of rotatable bonds is 7. The number of nitrogens with two attached hydrogens (primary N) is 1. The first kappa shape index (κ1) is 18.0. The summed E-state index contributed by atoms with van der Waals surface area (Å²) in [6, 6.07) is 0. The maximum absolute atomic E-state index is 12.5. The van der Waals surface area contributed by atoms with Gasteiger partial charge in [-0.05, 0) is 25.2 Å². The highest BCUT2D eigenvalue weighted by molar-refractivity contribution is 5.83. The van der Waals surface area contributed by atoms with E-state index in [2.05, 4.69) is 5.32 Å². The standard InChI is InChI=1S/C16H30N2O3/c1-12(2)9-13(14(19)20)10-18-15(21)16(11-17)7-5-3-4-6-8-16/h12-13H,3-11,17H2,1-2H3,(H,18,21)(H,19,20). The Labute approximate surface area is 127 Å². The zero-order valence-electron chi connectivity index (χ0n) is 13.4. The first-order chi connectivity index (χ1) is 9.91. The fourth-order valence-electron chi connectivity index (χ4n) is 3.17. The van der Waals surface area contributed by atoms with Gasteiger partial charge in [0.2, 0.25) is 5.91 Å². The van der Waals surface area contributed by atoms with Crippen LogP contribution in [0.1, 0.15) is 58.8 Å². The van der Waals surface area contributed by atoms with Gasteiger partial charge in [-0.2, -0.15) is 0 Å². The number of carbonyl (C=O) groups excluding carboxylic acids is 1. The lowest BCUT2D eigenvalue weighted by Crippen LogP contribution is -2.47. The third-order valence-electron chi connectivity index (χ3n) is 4.55. The van der Waals surface area contributed by atoms with Crippen LogP contribution in [0.3, 0.4) is 0 Å². The van der Waals surface area contributed by atoms with Crippen LogP contribution in [-0.4, -0.2) is 30.1 Å². The predicted octanol–water partition coefficient (Wildman–Crippen LogP) is 2.15. The first-order valence-electron chi connectivity index (χ1n) is 8.12. The van der Waals surface area contributed by atoms with Crippen molar-refractivity contribution in [2.75, 3.05) is 13.1 Å². The Morgan fingerprint density at radius 3 is 2.19 bits per heavy atom. The quantitative estimate of drug-likeness (QED) is 0.628. The summed E-state index contributed by atoms with van der Waals surface area (Å²) in [6.07, 6.45) is 6.57. The van der Waals surface area contributed by atoms with Gasteiger partial charge in [0.05, 0.1) is 11.3 Å². The van der Waals surface area contributed by atoms with Gasteiger partial charge >= 0.3 is 5.97 Å². The van der Waals surface area contributed by atoms with Gasteiger partial charge in [0.1, 0.15) is 0 Å². The summed E-state index contributed by atoms with van der Waals surface area (Å²) in [5, 5.41) is 12.1. The summed E-state index contributed by atoms with van der Waals surface area (Å²) in [5.74, 6) is -1.12. The highest BCUT2D eigenvalue weighted by Crippen LogP contribution is 2.34. The third kappa shape index (κ3) is 5.30. The lowest BCUT2D eigenvalue weighted by atomic mass is 9.79. The van der Waals surface area contributed by atoms with Crippen molar-refractivity contribution >= 4 is 11.9 Å². The smallest absolute Gasteiger partial charge is 0.308 e. The summed E-state index contributed by atoms with van der Waals surface area (Å²) >= 11 is 0. The van der Waals surface area contributed by atoms with Crippen LogP contribution in [-0.2, 0) is 9.59 Å². The van der Waals surface area contributed by atoms with Gasteiger partial charge in [0, 0.05) is 13.1 Å². The molecular formula is C16H30N2O3. The molecule has 1 aliphatic carbocycles. The molecule has 0 saturated heterocycles. The van der Waals surface area contributed by atoms with Gasteiger partial charge in [-0.3, -0.25) is 9.59 Å². The Kier molecular flexibility index (Phi) is 7.15. The number of carbonyl (C=O) groups is 2.